The molecule has 4 nitrogen and oxygen atoms in total. The minimum atomic E-state index is 0. The Hall–Kier alpha value is -0.810. The lowest BCUT2D eigenvalue weighted by molar-refractivity contribution is 0.203. The molecule has 1 aliphatic rings. The first-order chi connectivity index (χ1) is 9.15. The maximum absolute atomic E-state index is 5.97. The third-order valence-corrected chi connectivity index (χ3v) is 4.15. The Morgan fingerprint density at radius 2 is 1.90 bits per heavy atom. The molecule has 118 valence electrons. The number of hydrogen-bond acceptors (Lipinski definition) is 3. The van der Waals surface area contributed by atoms with Crippen molar-refractivity contribution in [3.8, 4) is 0 Å². The van der Waals surface area contributed by atoms with Crippen molar-refractivity contribution < 1.29 is 0 Å². The molecule has 2 aromatic rings. The first-order valence-electron chi connectivity index (χ1n) is 7.06. The number of hydrogen-bond donors (Lipinski definition) is 1. The fourth-order valence-corrected chi connectivity index (χ4v) is 2.88. The van der Waals surface area contributed by atoms with Crippen molar-refractivity contribution in [1.82, 2.24) is 14.3 Å². The van der Waals surface area contributed by atoms with Crippen molar-refractivity contribution in [2.75, 3.05) is 13.1 Å². The standard InChI is InChI=1S/C15H22N4.2ClH/c1-11-4-3-7-19-14(12(2)17-15(11)19)10-18-8-5-13(16)6-9-18;;/h3-4,7,13H,5-6,8-10,16H2,1-2H3;2*1H. The van der Waals surface area contributed by atoms with Crippen molar-refractivity contribution in [3.63, 3.8) is 0 Å². The highest BCUT2D eigenvalue weighted by Crippen LogP contribution is 2.19. The van der Waals surface area contributed by atoms with E-state index < -0.39 is 0 Å². The van der Waals surface area contributed by atoms with E-state index in [0.717, 1.165) is 43.8 Å². The van der Waals surface area contributed by atoms with Gasteiger partial charge in [0.1, 0.15) is 5.65 Å². The summed E-state index contributed by atoms with van der Waals surface area (Å²) < 4.78 is 2.24. The van der Waals surface area contributed by atoms with Gasteiger partial charge < -0.3 is 10.1 Å². The van der Waals surface area contributed by atoms with Crippen LogP contribution >= 0.6 is 24.8 Å². The molecule has 0 aromatic carbocycles. The van der Waals surface area contributed by atoms with Gasteiger partial charge >= 0.3 is 0 Å². The Kier molecular flexibility index (Phi) is 6.47. The lowest BCUT2D eigenvalue weighted by Crippen LogP contribution is -2.39. The van der Waals surface area contributed by atoms with E-state index in [1.807, 2.05) is 0 Å². The van der Waals surface area contributed by atoms with Crippen LogP contribution in [0.3, 0.4) is 0 Å². The summed E-state index contributed by atoms with van der Waals surface area (Å²) in [5.41, 5.74) is 10.7. The van der Waals surface area contributed by atoms with Crippen LogP contribution in [0.5, 0.6) is 0 Å². The van der Waals surface area contributed by atoms with Gasteiger partial charge in [-0.05, 0) is 38.3 Å². The maximum atomic E-state index is 5.97. The van der Waals surface area contributed by atoms with Gasteiger partial charge in [-0.15, -0.1) is 24.8 Å². The summed E-state index contributed by atoms with van der Waals surface area (Å²) in [5, 5.41) is 0. The third kappa shape index (κ3) is 3.69. The van der Waals surface area contributed by atoms with Gasteiger partial charge in [-0.2, -0.15) is 0 Å². The molecular formula is C15H24Cl2N4. The largest absolute Gasteiger partial charge is 0.328 e. The highest BCUT2D eigenvalue weighted by Gasteiger charge is 2.19. The molecule has 1 aliphatic heterocycles. The molecule has 0 spiro atoms. The van der Waals surface area contributed by atoms with Crippen molar-refractivity contribution in [2.45, 2.75) is 39.3 Å². The van der Waals surface area contributed by atoms with E-state index in [9.17, 15) is 0 Å². The zero-order valence-corrected chi connectivity index (χ0v) is 14.2. The summed E-state index contributed by atoms with van der Waals surface area (Å²) in [4.78, 5) is 7.19. The van der Waals surface area contributed by atoms with Crippen LogP contribution in [-0.4, -0.2) is 33.4 Å². The van der Waals surface area contributed by atoms with Gasteiger partial charge in [0.2, 0.25) is 0 Å². The topological polar surface area (TPSA) is 46.6 Å². The molecule has 0 saturated carbocycles. The van der Waals surface area contributed by atoms with E-state index in [-0.39, 0.29) is 24.8 Å². The number of nitrogens with zero attached hydrogens (tertiary/aromatic N) is 3. The van der Waals surface area contributed by atoms with E-state index in [0.29, 0.717) is 6.04 Å². The highest BCUT2D eigenvalue weighted by atomic mass is 35.5. The van der Waals surface area contributed by atoms with Gasteiger partial charge in [0.15, 0.2) is 0 Å². The average Bonchev–Trinajstić information content (AvgIpc) is 2.71. The molecule has 0 bridgehead atoms. The van der Waals surface area contributed by atoms with E-state index in [1.165, 1.54) is 11.3 Å². The van der Waals surface area contributed by atoms with Crippen LogP contribution in [0.2, 0.25) is 0 Å². The van der Waals surface area contributed by atoms with E-state index in [4.69, 9.17) is 10.7 Å². The highest BCUT2D eigenvalue weighted by molar-refractivity contribution is 5.85. The molecule has 2 aromatic heterocycles. The van der Waals surface area contributed by atoms with Crippen molar-refractivity contribution in [1.29, 1.82) is 0 Å². The molecule has 2 N–H and O–H groups in total. The summed E-state index contributed by atoms with van der Waals surface area (Å²) in [5.74, 6) is 0. The predicted octanol–water partition coefficient (Wildman–Crippen LogP) is 2.72. The Morgan fingerprint density at radius 3 is 2.57 bits per heavy atom. The summed E-state index contributed by atoms with van der Waals surface area (Å²) in [7, 11) is 0. The molecule has 0 atom stereocenters. The predicted molar refractivity (Wildman–Crippen MR) is 91.6 cm³/mol. The number of likely N-dealkylation sites (tertiary alicyclic amines) is 1. The smallest absolute Gasteiger partial charge is 0.140 e. The van der Waals surface area contributed by atoms with Crippen molar-refractivity contribution >= 4 is 30.5 Å². The first-order valence-corrected chi connectivity index (χ1v) is 7.06. The minimum Gasteiger partial charge on any atom is -0.328 e. The monoisotopic (exact) mass is 330 g/mol. The summed E-state index contributed by atoms with van der Waals surface area (Å²) in [6.45, 7) is 7.39. The second-order valence-electron chi connectivity index (χ2n) is 5.64. The van der Waals surface area contributed by atoms with Crippen LogP contribution < -0.4 is 5.73 Å². The van der Waals surface area contributed by atoms with Gasteiger partial charge in [-0.25, -0.2) is 4.98 Å². The molecule has 0 unspecified atom stereocenters. The molecule has 0 radical (unpaired) electrons. The second kappa shape index (κ2) is 7.45. The molecular weight excluding hydrogens is 307 g/mol. The first kappa shape index (κ1) is 18.2. The number of aromatic nitrogens is 2. The molecule has 21 heavy (non-hydrogen) atoms. The van der Waals surface area contributed by atoms with Gasteiger partial charge in [-0.3, -0.25) is 4.90 Å². The van der Waals surface area contributed by atoms with Crippen LogP contribution in [0.4, 0.5) is 0 Å². The molecule has 0 aliphatic carbocycles. The number of rotatable bonds is 2. The van der Waals surface area contributed by atoms with Gasteiger partial charge in [-0.1, -0.05) is 6.07 Å². The van der Waals surface area contributed by atoms with E-state index in [2.05, 4.69) is 41.5 Å². The van der Waals surface area contributed by atoms with Crippen LogP contribution in [0, 0.1) is 13.8 Å². The number of aryl methyl sites for hydroxylation is 2. The molecule has 3 heterocycles. The number of imidazole rings is 1. The van der Waals surface area contributed by atoms with Gasteiger partial charge in [0, 0.05) is 31.9 Å². The van der Waals surface area contributed by atoms with Crippen LogP contribution in [0.1, 0.15) is 29.8 Å². The normalized spacial score (nSPS) is 16.5. The second-order valence-corrected chi connectivity index (χ2v) is 5.64. The zero-order valence-electron chi connectivity index (χ0n) is 12.6. The number of pyridine rings is 1. The summed E-state index contributed by atoms with van der Waals surface area (Å²) >= 11 is 0. The summed E-state index contributed by atoms with van der Waals surface area (Å²) in [6.07, 6.45) is 4.33. The summed E-state index contributed by atoms with van der Waals surface area (Å²) in [6, 6.07) is 4.60. The minimum absolute atomic E-state index is 0. The molecule has 1 fully saturated rings. The Bertz CT molecular complexity index is 589. The Labute approximate surface area is 138 Å². The van der Waals surface area contributed by atoms with Crippen LogP contribution in [0.15, 0.2) is 18.3 Å². The van der Waals surface area contributed by atoms with E-state index in [1.54, 1.807) is 0 Å². The lowest BCUT2D eigenvalue weighted by Gasteiger charge is -2.29. The lowest BCUT2D eigenvalue weighted by atomic mass is 10.1. The quantitative estimate of drug-likeness (QED) is 0.920. The van der Waals surface area contributed by atoms with Crippen molar-refractivity contribution in [2.24, 2.45) is 5.73 Å². The fourth-order valence-electron chi connectivity index (χ4n) is 2.88. The maximum Gasteiger partial charge on any atom is 0.140 e. The number of halogens is 2. The van der Waals surface area contributed by atoms with Gasteiger partial charge in [0.05, 0.1) is 11.4 Å². The molecule has 0 amide bonds. The average molecular weight is 331 g/mol. The Balaban J connectivity index is 0.00000110. The van der Waals surface area contributed by atoms with E-state index >= 15 is 0 Å². The van der Waals surface area contributed by atoms with Crippen molar-refractivity contribution in [3.05, 3.63) is 35.3 Å². The van der Waals surface area contributed by atoms with Crippen LogP contribution in [0.25, 0.3) is 5.65 Å². The third-order valence-electron chi connectivity index (χ3n) is 4.15. The Morgan fingerprint density at radius 1 is 1.24 bits per heavy atom. The van der Waals surface area contributed by atoms with Crippen LogP contribution in [-0.2, 0) is 6.54 Å². The number of piperidine rings is 1. The molecule has 3 rings (SSSR count). The zero-order chi connectivity index (χ0) is 13.4. The number of fused-ring (bicyclic) bond motifs is 1. The number of nitrogens with two attached hydrogens (primary N) is 1. The molecule has 1 saturated heterocycles. The SMILES string of the molecule is Cc1nc2c(C)cccn2c1CN1CCC(N)CC1.Cl.Cl. The molecule has 6 heteroatoms. The fraction of sp³-hybridized carbons (Fsp3) is 0.533. The van der Waals surface area contributed by atoms with Gasteiger partial charge in [0.25, 0.3) is 0 Å².